The van der Waals surface area contributed by atoms with Gasteiger partial charge in [-0.15, -0.1) is 0 Å². The maximum atomic E-state index is 5.75. The van der Waals surface area contributed by atoms with Gasteiger partial charge < -0.3 is 19.5 Å². The van der Waals surface area contributed by atoms with Crippen LogP contribution in [0.1, 0.15) is 22.7 Å². The lowest BCUT2D eigenvalue weighted by Crippen LogP contribution is -2.31. The molecule has 4 rings (SSSR count). The Morgan fingerprint density at radius 1 is 1.05 bits per heavy atom. The summed E-state index contributed by atoms with van der Waals surface area (Å²) in [5, 5.41) is 3.60. The van der Waals surface area contributed by atoms with Crippen LogP contribution >= 0.6 is 0 Å². The van der Waals surface area contributed by atoms with Crippen molar-refractivity contribution in [2.24, 2.45) is 0 Å². The van der Waals surface area contributed by atoms with Gasteiger partial charge in [0.05, 0.1) is 13.2 Å². The molecule has 0 saturated heterocycles. The average molecular weight is 297 g/mol. The first-order valence-electron chi connectivity index (χ1n) is 7.65. The number of methoxy groups -OCH3 is 1. The van der Waals surface area contributed by atoms with Crippen LogP contribution in [-0.2, 0) is 6.42 Å². The third-order valence-corrected chi connectivity index (χ3v) is 4.31. The van der Waals surface area contributed by atoms with Crippen LogP contribution in [0.25, 0.3) is 0 Å². The first-order valence-corrected chi connectivity index (χ1v) is 7.65. The van der Waals surface area contributed by atoms with Crippen LogP contribution in [0.2, 0.25) is 0 Å². The molecular weight excluding hydrogens is 278 g/mol. The van der Waals surface area contributed by atoms with Crippen molar-refractivity contribution in [3.8, 4) is 17.2 Å². The van der Waals surface area contributed by atoms with Crippen molar-refractivity contribution in [2.75, 3.05) is 26.9 Å². The molecule has 0 saturated carbocycles. The minimum absolute atomic E-state index is 0.121. The van der Waals surface area contributed by atoms with E-state index in [4.69, 9.17) is 14.2 Å². The molecule has 2 aliphatic heterocycles. The van der Waals surface area contributed by atoms with E-state index in [0.29, 0.717) is 13.2 Å². The summed E-state index contributed by atoms with van der Waals surface area (Å²) in [4.78, 5) is 0. The zero-order valence-electron chi connectivity index (χ0n) is 12.6. The van der Waals surface area contributed by atoms with Crippen LogP contribution in [0.5, 0.6) is 17.2 Å². The second kappa shape index (κ2) is 5.54. The van der Waals surface area contributed by atoms with Crippen LogP contribution < -0.4 is 19.5 Å². The lowest BCUT2D eigenvalue weighted by atomic mass is 9.89. The van der Waals surface area contributed by atoms with Gasteiger partial charge in [0.1, 0.15) is 19.0 Å². The molecule has 114 valence electrons. The van der Waals surface area contributed by atoms with E-state index in [9.17, 15) is 0 Å². The van der Waals surface area contributed by atoms with Crippen LogP contribution in [0.3, 0.4) is 0 Å². The summed E-state index contributed by atoms with van der Waals surface area (Å²) in [5.74, 6) is 2.61. The molecule has 0 radical (unpaired) electrons. The number of ether oxygens (including phenoxy) is 3. The highest BCUT2D eigenvalue weighted by atomic mass is 16.6. The van der Waals surface area contributed by atoms with Crippen molar-refractivity contribution in [1.29, 1.82) is 0 Å². The Balaban J connectivity index is 1.81. The first-order chi connectivity index (χ1) is 10.9. The molecule has 2 aromatic rings. The summed E-state index contributed by atoms with van der Waals surface area (Å²) in [5.41, 5.74) is 3.72. The summed E-state index contributed by atoms with van der Waals surface area (Å²) >= 11 is 0. The highest BCUT2D eigenvalue weighted by molar-refractivity contribution is 5.53. The Hall–Kier alpha value is -2.20. The molecule has 1 atom stereocenters. The molecule has 0 bridgehead atoms. The highest BCUT2D eigenvalue weighted by Crippen LogP contribution is 2.40. The molecule has 1 unspecified atom stereocenters. The smallest absolute Gasteiger partial charge is 0.161 e. The van der Waals surface area contributed by atoms with Crippen LogP contribution in [-0.4, -0.2) is 26.9 Å². The van der Waals surface area contributed by atoms with Crippen LogP contribution in [0.4, 0.5) is 0 Å². The molecule has 0 amide bonds. The molecule has 2 aromatic carbocycles. The SMILES string of the molecule is COc1ccccc1C1NCCc2cc3c(cc21)OCCO3. The van der Waals surface area contributed by atoms with Crippen LogP contribution in [0, 0.1) is 0 Å². The zero-order valence-corrected chi connectivity index (χ0v) is 12.6. The number of hydrogen-bond acceptors (Lipinski definition) is 4. The topological polar surface area (TPSA) is 39.7 Å². The molecule has 0 fully saturated rings. The van der Waals surface area contributed by atoms with Gasteiger partial charge in [-0.1, -0.05) is 18.2 Å². The number of hydrogen-bond donors (Lipinski definition) is 1. The molecule has 0 aliphatic carbocycles. The largest absolute Gasteiger partial charge is 0.496 e. The molecule has 22 heavy (non-hydrogen) atoms. The van der Waals surface area contributed by atoms with E-state index < -0.39 is 0 Å². The minimum atomic E-state index is 0.121. The van der Waals surface area contributed by atoms with Gasteiger partial charge >= 0.3 is 0 Å². The highest BCUT2D eigenvalue weighted by Gasteiger charge is 2.26. The van der Waals surface area contributed by atoms with E-state index in [2.05, 4.69) is 23.5 Å². The van der Waals surface area contributed by atoms with Gasteiger partial charge in [-0.25, -0.2) is 0 Å². The number of rotatable bonds is 2. The predicted octanol–water partition coefficient (Wildman–Crippen LogP) is 2.70. The van der Waals surface area contributed by atoms with Gasteiger partial charge in [-0.2, -0.15) is 0 Å². The minimum Gasteiger partial charge on any atom is -0.496 e. The van der Waals surface area contributed by atoms with Crippen LogP contribution in [0.15, 0.2) is 36.4 Å². The quantitative estimate of drug-likeness (QED) is 0.925. The Morgan fingerprint density at radius 3 is 2.64 bits per heavy atom. The molecule has 0 spiro atoms. The van der Waals surface area contributed by atoms with Gasteiger partial charge in [-0.3, -0.25) is 0 Å². The number of nitrogens with one attached hydrogen (secondary N) is 1. The third-order valence-electron chi connectivity index (χ3n) is 4.31. The van der Waals surface area contributed by atoms with Crippen molar-refractivity contribution in [1.82, 2.24) is 5.32 Å². The molecule has 2 heterocycles. The standard InChI is InChI=1S/C18H19NO3/c1-20-15-5-3-2-4-13(15)18-14-11-17-16(21-8-9-22-17)10-12(14)6-7-19-18/h2-5,10-11,18-19H,6-9H2,1H3. The summed E-state index contributed by atoms with van der Waals surface area (Å²) < 4.78 is 17.0. The maximum Gasteiger partial charge on any atom is 0.161 e. The summed E-state index contributed by atoms with van der Waals surface area (Å²) in [7, 11) is 1.71. The molecule has 0 aromatic heterocycles. The Kier molecular flexibility index (Phi) is 3.39. The first kappa shape index (κ1) is 13.5. The van der Waals surface area contributed by atoms with E-state index in [1.807, 2.05) is 18.2 Å². The van der Waals surface area contributed by atoms with Crippen molar-refractivity contribution < 1.29 is 14.2 Å². The van der Waals surface area contributed by atoms with E-state index in [1.54, 1.807) is 7.11 Å². The van der Waals surface area contributed by atoms with Gasteiger partial charge in [0, 0.05) is 12.1 Å². The number of fused-ring (bicyclic) bond motifs is 2. The van der Waals surface area contributed by atoms with E-state index >= 15 is 0 Å². The summed E-state index contributed by atoms with van der Waals surface area (Å²) in [6.45, 7) is 2.17. The Bertz CT molecular complexity index is 699. The monoisotopic (exact) mass is 297 g/mol. The fourth-order valence-corrected chi connectivity index (χ4v) is 3.28. The van der Waals surface area contributed by atoms with Gasteiger partial charge in [0.15, 0.2) is 11.5 Å². The molecule has 2 aliphatic rings. The van der Waals surface area contributed by atoms with E-state index in [-0.39, 0.29) is 6.04 Å². The second-order valence-corrected chi connectivity index (χ2v) is 5.57. The van der Waals surface area contributed by atoms with Crippen molar-refractivity contribution in [3.05, 3.63) is 53.1 Å². The Labute approximate surface area is 130 Å². The molecule has 1 N–H and O–H groups in total. The van der Waals surface area contributed by atoms with Crippen molar-refractivity contribution >= 4 is 0 Å². The molecule has 4 heteroatoms. The Morgan fingerprint density at radius 2 is 1.82 bits per heavy atom. The van der Waals surface area contributed by atoms with Crippen molar-refractivity contribution in [3.63, 3.8) is 0 Å². The number of benzene rings is 2. The van der Waals surface area contributed by atoms with Gasteiger partial charge in [0.2, 0.25) is 0 Å². The summed E-state index contributed by atoms with van der Waals surface area (Å²) in [6.07, 6.45) is 0.998. The normalized spacial score (nSPS) is 19.4. The van der Waals surface area contributed by atoms with E-state index in [1.165, 1.54) is 11.1 Å². The third kappa shape index (κ3) is 2.20. The molecular formula is C18H19NO3. The fourth-order valence-electron chi connectivity index (χ4n) is 3.28. The average Bonchev–Trinajstić information content (AvgIpc) is 2.59. The molecule has 4 nitrogen and oxygen atoms in total. The zero-order chi connectivity index (χ0) is 14.9. The van der Waals surface area contributed by atoms with Crippen molar-refractivity contribution in [2.45, 2.75) is 12.5 Å². The maximum absolute atomic E-state index is 5.75. The fraction of sp³-hybridized carbons (Fsp3) is 0.333. The summed E-state index contributed by atoms with van der Waals surface area (Å²) in [6, 6.07) is 12.5. The lowest BCUT2D eigenvalue weighted by Gasteiger charge is -2.30. The lowest BCUT2D eigenvalue weighted by molar-refractivity contribution is 0.171. The second-order valence-electron chi connectivity index (χ2n) is 5.57. The number of para-hydroxylation sites is 1. The predicted molar refractivity (Wildman–Crippen MR) is 84.0 cm³/mol. The van der Waals surface area contributed by atoms with Gasteiger partial charge in [-0.05, 0) is 35.7 Å². The van der Waals surface area contributed by atoms with Gasteiger partial charge in [0.25, 0.3) is 0 Å². The van der Waals surface area contributed by atoms with E-state index in [0.717, 1.165) is 35.8 Å².